The monoisotopic (exact) mass is 676 g/mol. The molecule has 0 aliphatic carbocycles. The lowest BCUT2D eigenvalue weighted by Gasteiger charge is -2.31. The van der Waals surface area contributed by atoms with Gasteiger partial charge in [-0.05, 0) is 36.8 Å². The summed E-state index contributed by atoms with van der Waals surface area (Å²) in [6, 6.07) is 17.1. The number of imidazole rings is 1. The normalized spacial score (nSPS) is 20.6. The topological polar surface area (TPSA) is 204 Å². The molecule has 18 heteroatoms. The third-order valence-corrected chi connectivity index (χ3v) is 9.29. The number of ether oxygens (including phenoxy) is 3. The number of hydrogen-bond acceptors (Lipinski definition) is 13. The third-order valence-electron chi connectivity index (χ3n) is 6.73. The van der Waals surface area contributed by atoms with E-state index in [4.69, 9.17) is 18.7 Å². The van der Waals surface area contributed by atoms with E-state index in [9.17, 15) is 28.5 Å². The summed E-state index contributed by atoms with van der Waals surface area (Å²) in [5.74, 6) is 0.613. The molecule has 246 valence electrons. The molecule has 1 aliphatic rings. The van der Waals surface area contributed by atoms with E-state index in [1.54, 1.807) is 67.7 Å². The molecular weight excluding hydrogens is 646 g/mol. The number of phosphoric ester groups is 2. The zero-order chi connectivity index (χ0) is 32.9. The fraction of sp³-hybridized carbons (Fsp3) is 0.321. The molecule has 2 aromatic heterocycles. The Hall–Kier alpha value is -3.85. The number of carbonyl (C=O) groups is 1. The fourth-order valence-corrected chi connectivity index (χ4v) is 6.72. The Balaban J connectivity index is 1.36. The van der Waals surface area contributed by atoms with Crippen LogP contribution in [0.3, 0.4) is 0 Å². The summed E-state index contributed by atoms with van der Waals surface area (Å²) in [5, 5.41) is 2.55. The predicted octanol–water partition coefficient (Wildman–Crippen LogP) is 3.47. The van der Waals surface area contributed by atoms with Crippen LogP contribution in [0.15, 0.2) is 77.9 Å². The number of carbonyl (C=O) groups excluding carboxylic acids is 1. The minimum Gasteiger partial charge on any atom is -0.756 e. The number of anilines is 1. The first-order valence-corrected chi connectivity index (χ1v) is 16.9. The van der Waals surface area contributed by atoms with Crippen LogP contribution in [-0.4, -0.2) is 52.6 Å². The molecule has 5 rings (SSSR count). The quantitative estimate of drug-likeness (QED) is 0.202. The Kier molecular flexibility index (Phi) is 10.4. The Bertz CT molecular complexity index is 1830. The largest absolute Gasteiger partial charge is 0.756 e. The number of aromatic nitrogens is 3. The number of phosphoric acid groups is 2. The van der Waals surface area contributed by atoms with Crippen LogP contribution in [0, 0.1) is 0 Å². The van der Waals surface area contributed by atoms with Crippen LogP contribution in [0.25, 0.3) is 16.9 Å². The number of fused-ring (bicyclic) bond motifs is 1. The van der Waals surface area contributed by atoms with Crippen LogP contribution in [0.5, 0.6) is 5.75 Å². The predicted molar refractivity (Wildman–Crippen MR) is 159 cm³/mol. The van der Waals surface area contributed by atoms with Crippen molar-refractivity contribution in [3.05, 3.63) is 83.5 Å². The molecule has 2 aromatic carbocycles. The Morgan fingerprint density at radius 3 is 2.59 bits per heavy atom. The molecule has 1 N–H and O–H groups in total. The van der Waals surface area contributed by atoms with E-state index in [1.807, 2.05) is 6.07 Å². The van der Waals surface area contributed by atoms with E-state index in [0.29, 0.717) is 28.3 Å². The van der Waals surface area contributed by atoms with E-state index in [1.165, 1.54) is 22.3 Å². The fourth-order valence-electron chi connectivity index (χ4n) is 4.63. The maximum absolute atomic E-state index is 13.6. The molecule has 0 radical (unpaired) electrons. The highest BCUT2D eigenvalue weighted by atomic mass is 31.3. The highest BCUT2D eigenvalue weighted by Crippen LogP contribution is 2.55. The molecule has 1 aliphatic heterocycles. The molecule has 0 bridgehead atoms. The van der Waals surface area contributed by atoms with Gasteiger partial charge in [0.05, 0.1) is 26.0 Å². The lowest BCUT2D eigenvalue weighted by molar-refractivity contribution is -0.245. The van der Waals surface area contributed by atoms with Crippen molar-refractivity contribution in [2.45, 2.75) is 38.2 Å². The number of hydrogen-bond donors (Lipinski definition) is 1. The van der Waals surface area contributed by atoms with Gasteiger partial charge in [0.2, 0.25) is 0 Å². The molecule has 46 heavy (non-hydrogen) atoms. The van der Waals surface area contributed by atoms with Crippen LogP contribution in [0.2, 0.25) is 0 Å². The number of para-hydroxylation sites is 1. The summed E-state index contributed by atoms with van der Waals surface area (Å²) < 4.78 is 56.8. The molecular formula is C28H30N4O12P2-2. The second kappa shape index (κ2) is 14.3. The number of benzene rings is 2. The molecule has 1 fully saturated rings. The Labute approximate surface area is 262 Å². The third kappa shape index (κ3) is 8.29. The second-order valence-corrected chi connectivity index (χ2v) is 13.0. The first-order chi connectivity index (χ1) is 22.0. The summed E-state index contributed by atoms with van der Waals surface area (Å²) in [6.07, 6.45) is -1.16. The molecule has 1 amide bonds. The van der Waals surface area contributed by atoms with Crippen molar-refractivity contribution in [2.75, 3.05) is 25.6 Å². The number of nitrogens with one attached hydrogen (secondary N) is 1. The zero-order valence-corrected chi connectivity index (χ0v) is 26.4. The van der Waals surface area contributed by atoms with Crippen LogP contribution in [0.4, 0.5) is 10.5 Å². The average Bonchev–Trinajstić information content (AvgIpc) is 3.64. The summed E-state index contributed by atoms with van der Waals surface area (Å²) in [7, 11) is -9.16. The maximum atomic E-state index is 13.6. The Morgan fingerprint density at radius 1 is 1.09 bits per heavy atom. The van der Waals surface area contributed by atoms with E-state index in [2.05, 4.69) is 19.1 Å². The molecule has 3 heterocycles. The van der Waals surface area contributed by atoms with Crippen molar-refractivity contribution >= 4 is 33.1 Å². The highest BCUT2D eigenvalue weighted by molar-refractivity contribution is 7.59. The molecule has 4 aromatic rings. The van der Waals surface area contributed by atoms with Crippen LogP contribution in [0.1, 0.15) is 26.0 Å². The van der Waals surface area contributed by atoms with Crippen molar-refractivity contribution in [1.82, 2.24) is 14.0 Å². The van der Waals surface area contributed by atoms with Gasteiger partial charge in [-0.25, -0.2) is 18.9 Å². The molecule has 3 unspecified atom stereocenters. The lowest BCUT2D eigenvalue weighted by atomic mass is 10.1. The zero-order valence-electron chi connectivity index (χ0n) is 24.6. The van der Waals surface area contributed by atoms with Gasteiger partial charge in [-0.3, -0.25) is 23.4 Å². The van der Waals surface area contributed by atoms with Gasteiger partial charge in [0.25, 0.3) is 15.6 Å². The first kappa shape index (κ1) is 33.5. The number of rotatable bonds is 13. The van der Waals surface area contributed by atoms with Gasteiger partial charge in [0.15, 0.2) is 0 Å². The van der Waals surface area contributed by atoms with E-state index in [-0.39, 0.29) is 19.4 Å². The van der Waals surface area contributed by atoms with Crippen LogP contribution in [-0.2, 0) is 32.0 Å². The van der Waals surface area contributed by atoms with Crippen molar-refractivity contribution in [1.29, 1.82) is 0 Å². The smallest absolute Gasteiger partial charge is 0.411 e. The van der Waals surface area contributed by atoms with Gasteiger partial charge in [-0.1, -0.05) is 37.3 Å². The number of amides is 1. The van der Waals surface area contributed by atoms with Gasteiger partial charge >= 0.3 is 11.8 Å². The maximum Gasteiger partial charge on any atom is 0.411 e. The van der Waals surface area contributed by atoms with Gasteiger partial charge in [-0.2, -0.15) is 0 Å². The second-order valence-electron chi connectivity index (χ2n) is 10.00. The number of nitrogens with zero attached hydrogens (tertiary/aromatic N) is 3. The summed E-state index contributed by atoms with van der Waals surface area (Å²) >= 11 is 0. The Morgan fingerprint density at radius 2 is 1.85 bits per heavy atom. The van der Waals surface area contributed by atoms with Crippen LogP contribution >= 0.6 is 15.6 Å². The molecule has 5 atom stereocenters. The molecule has 0 spiro atoms. The number of methoxy groups -OCH3 is 1. The summed E-state index contributed by atoms with van der Waals surface area (Å²) in [6.45, 7) is 0.513. The average molecular weight is 677 g/mol. The van der Waals surface area contributed by atoms with E-state index >= 15 is 0 Å². The van der Waals surface area contributed by atoms with E-state index in [0.717, 1.165) is 0 Å². The van der Waals surface area contributed by atoms with Crippen molar-refractivity contribution in [2.24, 2.45) is 0 Å². The van der Waals surface area contributed by atoms with Gasteiger partial charge in [0.1, 0.15) is 29.8 Å². The van der Waals surface area contributed by atoms with Gasteiger partial charge < -0.3 is 33.0 Å². The lowest BCUT2D eigenvalue weighted by Crippen LogP contribution is -2.33. The highest BCUT2D eigenvalue weighted by Gasteiger charge is 2.40. The minimum atomic E-state index is -5.47. The minimum absolute atomic E-state index is 0.0945. The van der Waals surface area contributed by atoms with Crippen molar-refractivity contribution < 1.29 is 51.3 Å². The van der Waals surface area contributed by atoms with Gasteiger partial charge in [0, 0.05) is 30.1 Å². The summed E-state index contributed by atoms with van der Waals surface area (Å²) in [5.41, 5.74) is 1.46. The van der Waals surface area contributed by atoms with E-state index < -0.39 is 52.5 Å². The van der Waals surface area contributed by atoms with Crippen molar-refractivity contribution in [3.63, 3.8) is 0 Å². The molecule has 1 saturated heterocycles. The SMILES string of the molecule is CCCOP(=O)([O-])OP(=O)([O-])OC[C@H]1O[C@@H](n2ccc3nc(-c4cccc(OC)c4)cn3c2=O)CC1OC(=O)Nc1ccccc1. The molecule has 16 nitrogen and oxygen atoms in total. The molecule has 0 saturated carbocycles. The van der Waals surface area contributed by atoms with Gasteiger partial charge in [-0.15, -0.1) is 0 Å². The van der Waals surface area contributed by atoms with Crippen LogP contribution < -0.4 is 25.5 Å². The van der Waals surface area contributed by atoms with Crippen molar-refractivity contribution in [3.8, 4) is 17.0 Å². The first-order valence-electron chi connectivity index (χ1n) is 14.0. The summed E-state index contributed by atoms with van der Waals surface area (Å²) in [4.78, 5) is 55.0. The standard InChI is InChI=1S/C28H32N4O12P2/c1-3-14-40-45(35,36)44-46(37,38)41-18-24-23(43-27(33)29-20-9-5-4-6-10-20)16-26(42-24)31-13-12-25-30-22(17-32(25)28(31)34)19-8-7-11-21(15-19)39-2/h4-13,15,17,23-24,26H,3,14,16,18H2,1-2H3,(H,29,33)(H,35,36)(H,37,38)/p-2/t23?,24-,26-/m1/s1.